The first-order valence-electron chi connectivity index (χ1n) is 5.44. The number of carbonyl (C=O) groups is 1. The largest absolute Gasteiger partial charge is 0.391 e. The van der Waals surface area contributed by atoms with Crippen molar-refractivity contribution in [1.29, 1.82) is 0 Å². The molecule has 0 aliphatic carbocycles. The number of likely N-dealkylation sites (tertiary alicyclic amines) is 1. The third kappa shape index (κ3) is 3.66. The van der Waals surface area contributed by atoms with Crippen LogP contribution in [0.25, 0.3) is 0 Å². The zero-order valence-electron chi connectivity index (χ0n) is 9.31. The molecule has 1 fully saturated rings. The Kier molecular flexibility index (Phi) is 4.58. The zero-order chi connectivity index (χ0) is 12.2. The van der Waals surface area contributed by atoms with E-state index in [2.05, 4.69) is 5.32 Å². The first-order chi connectivity index (χ1) is 7.45. The average molecular weight is 238 g/mol. The number of rotatable bonds is 3. The van der Waals surface area contributed by atoms with Crippen LogP contribution >= 0.6 is 0 Å². The molecule has 0 radical (unpaired) electrons. The maximum atomic E-state index is 12.4. The van der Waals surface area contributed by atoms with Crippen molar-refractivity contribution in [3.05, 3.63) is 0 Å². The van der Waals surface area contributed by atoms with Crippen molar-refractivity contribution in [2.75, 3.05) is 26.7 Å². The number of amides is 1. The Bertz CT molecular complexity index is 235. The Labute approximate surface area is 93.0 Å². The second kappa shape index (κ2) is 5.52. The van der Waals surface area contributed by atoms with E-state index in [0.717, 1.165) is 0 Å². The lowest BCUT2D eigenvalue weighted by atomic mass is 9.96. The molecule has 16 heavy (non-hydrogen) atoms. The normalized spacial score (nSPS) is 18.9. The molecule has 0 aromatic rings. The minimum absolute atomic E-state index is 0.0365. The Balaban J connectivity index is 2.34. The van der Waals surface area contributed by atoms with Gasteiger partial charge in [0.2, 0.25) is 5.91 Å². The lowest BCUT2D eigenvalue weighted by Crippen LogP contribution is -2.42. The fourth-order valence-electron chi connectivity index (χ4n) is 1.85. The van der Waals surface area contributed by atoms with Gasteiger partial charge in [-0.15, -0.1) is 0 Å². The topological polar surface area (TPSA) is 32.3 Å². The van der Waals surface area contributed by atoms with Gasteiger partial charge < -0.3 is 10.2 Å². The molecule has 1 saturated heterocycles. The van der Waals surface area contributed by atoms with Crippen LogP contribution in [0.5, 0.6) is 0 Å². The summed E-state index contributed by atoms with van der Waals surface area (Å²) in [6, 6.07) is 0. The number of halogens is 3. The molecule has 0 aromatic carbocycles. The van der Waals surface area contributed by atoms with Crippen LogP contribution < -0.4 is 5.32 Å². The van der Waals surface area contributed by atoms with E-state index in [1.54, 1.807) is 7.05 Å². The highest BCUT2D eigenvalue weighted by Gasteiger charge is 2.41. The maximum absolute atomic E-state index is 12.4. The molecular weight excluding hydrogens is 221 g/mol. The molecule has 0 atom stereocenters. The summed E-state index contributed by atoms with van der Waals surface area (Å²) >= 11 is 0. The van der Waals surface area contributed by atoms with E-state index in [1.165, 1.54) is 4.90 Å². The molecule has 0 spiro atoms. The summed E-state index contributed by atoms with van der Waals surface area (Å²) in [4.78, 5) is 13.0. The van der Waals surface area contributed by atoms with Gasteiger partial charge in [0.05, 0.1) is 5.92 Å². The van der Waals surface area contributed by atoms with Crippen LogP contribution in [-0.4, -0.2) is 43.7 Å². The van der Waals surface area contributed by atoms with Crippen molar-refractivity contribution in [2.24, 2.45) is 5.92 Å². The van der Waals surface area contributed by atoms with Crippen LogP contribution in [0, 0.1) is 5.92 Å². The van der Waals surface area contributed by atoms with E-state index < -0.39 is 12.1 Å². The van der Waals surface area contributed by atoms with Crippen molar-refractivity contribution in [3.63, 3.8) is 0 Å². The van der Waals surface area contributed by atoms with E-state index in [0.29, 0.717) is 13.0 Å². The van der Waals surface area contributed by atoms with E-state index in [1.807, 2.05) is 0 Å². The van der Waals surface area contributed by atoms with Gasteiger partial charge >= 0.3 is 6.18 Å². The molecule has 6 heteroatoms. The first kappa shape index (κ1) is 13.3. The van der Waals surface area contributed by atoms with Gasteiger partial charge in [0.1, 0.15) is 0 Å². The van der Waals surface area contributed by atoms with Gasteiger partial charge in [-0.05, 0) is 19.9 Å². The van der Waals surface area contributed by atoms with E-state index in [-0.39, 0.29) is 31.8 Å². The predicted molar refractivity (Wildman–Crippen MR) is 53.9 cm³/mol. The van der Waals surface area contributed by atoms with Crippen LogP contribution in [-0.2, 0) is 4.79 Å². The second-order valence-corrected chi connectivity index (χ2v) is 4.05. The van der Waals surface area contributed by atoms with Crippen LogP contribution in [0.4, 0.5) is 13.2 Å². The third-order valence-corrected chi connectivity index (χ3v) is 2.90. The molecule has 94 valence electrons. The van der Waals surface area contributed by atoms with Crippen molar-refractivity contribution in [1.82, 2.24) is 10.2 Å². The monoisotopic (exact) mass is 238 g/mol. The Morgan fingerprint density at radius 3 is 2.38 bits per heavy atom. The lowest BCUT2D eigenvalue weighted by Gasteiger charge is -2.33. The second-order valence-electron chi connectivity index (χ2n) is 4.05. The number of nitrogens with zero attached hydrogens (tertiary/aromatic N) is 1. The van der Waals surface area contributed by atoms with E-state index >= 15 is 0 Å². The van der Waals surface area contributed by atoms with E-state index in [9.17, 15) is 18.0 Å². The Morgan fingerprint density at radius 1 is 1.38 bits per heavy atom. The fourth-order valence-corrected chi connectivity index (χ4v) is 1.85. The Morgan fingerprint density at radius 2 is 1.94 bits per heavy atom. The van der Waals surface area contributed by atoms with E-state index in [4.69, 9.17) is 0 Å². The average Bonchev–Trinajstić information content (AvgIpc) is 2.25. The molecular formula is C10H17F3N2O. The van der Waals surface area contributed by atoms with Crippen molar-refractivity contribution >= 4 is 5.91 Å². The maximum Gasteiger partial charge on any atom is 0.391 e. The summed E-state index contributed by atoms with van der Waals surface area (Å²) < 4.78 is 37.1. The molecule has 0 bridgehead atoms. The number of hydrogen-bond acceptors (Lipinski definition) is 2. The van der Waals surface area contributed by atoms with Crippen LogP contribution in [0.15, 0.2) is 0 Å². The van der Waals surface area contributed by atoms with Crippen molar-refractivity contribution in [2.45, 2.75) is 25.4 Å². The minimum Gasteiger partial charge on any atom is -0.343 e. The van der Waals surface area contributed by atoms with Gasteiger partial charge in [0.25, 0.3) is 0 Å². The molecule has 1 amide bonds. The Hall–Kier alpha value is -0.780. The van der Waals surface area contributed by atoms with Crippen molar-refractivity contribution in [3.8, 4) is 0 Å². The smallest absolute Gasteiger partial charge is 0.343 e. The molecule has 1 heterocycles. The quantitative estimate of drug-likeness (QED) is 0.806. The molecule has 0 saturated carbocycles. The number of nitrogens with one attached hydrogen (secondary N) is 1. The van der Waals surface area contributed by atoms with Crippen LogP contribution in [0.3, 0.4) is 0 Å². The van der Waals surface area contributed by atoms with Gasteiger partial charge in [0.15, 0.2) is 0 Å². The van der Waals surface area contributed by atoms with Gasteiger partial charge in [-0.1, -0.05) is 0 Å². The molecule has 0 unspecified atom stereocenters. The van der Waals surface area contributed by atoms with Gasteiger partial charge in [-0.2, -0.15) is 13.2 Å². The highest BCUT2D eigenvalue weighted by atomic mass is 19.4. The number of carbonyl (C=O) groups excluding carboxylic acids is 1. The summed E-state index contributed by atoms with van der Waals surface area (Å²) in [5, 5.41) is 2.84. The molecule has 0 aromatic heterocycles. The minimum atomic E-state index is -4.11. The third-order valence-electron chi connectivity index (χ3n) is 2.90. The lowest BCUT2D eigenvalue weighted by molar-refractivity contribution is -0.186. The van der Waals surface area contributed by atoms with Crippen LogP contribution in [0.1, 0.15) is 19.3 Å². The summed E-state index contributed by atoms with van der Waals surface area (Å²) in [5.74, 6) is -1.30. The molecule has 3 nitrogen and oxygen atoms in total. The SMILES string of the molecule is CNCCC(=O)N1CCC(C(F)(F)F)CC1. The zero-order valence-corrected chi connectivity index (χ0v) is 9.31. The standard InChI is InChI=1S/C10H17F3N2O/c1-14-5-2-9(16)15-6-3-8(4-7-15)10(11,12)13/h8,14H,2-7H2,1H3. The number of alkyl halides is 3. The van der Waals surface area contributed by atoms with Gasteiger partial charge in [0, 0.05) is 26.1 Å². The van der Waals surface area contributed by atoms with Crippen LogP contribution in [0.2, 0.25) is 0 Å². The summed E-state index contributed by atoms with van der Waals surface area (Å²) in [7, 11) is 1.74. The number of hydrogen-bond donors (Lipinski definition) is 1. The van der Waals surface area contributed by atoms with Gasteiger partial charge in [-0.25, -0.2) is 0 Å². The highest BCUT2D eigenvalue weighted by Crippen LogP contribution is 2.34. The highest BCUT2D eigenvalue weighted by molar-refractivity contribution is 5.76. The summed E-state index contributed by atoms with van der Waals surface area (Å²) in [6.45, 7) is 1.03. The molecule has 1 aliphatic heterocycles. The summed E-state index contributed by atoms with van der Waals surface area (Å²) in [5.41, 5.74) is 0. The number of piperidine rings is 1. The summed E-state index contributed by atoms with van der Waals surface area (Å²) in [6.07, 6.45) is -3.68. The predicted octanol–water partition coefficient (Wildman–Crippen LogP) is 1.40. The fraction of sp³-hybridized carbons (Fsp3) is 0.900. The molecule has 1 N–H and O–H groups in total. The molecule has 1 rings (SSSR count). The molecule has 1 aliphatic rings. The first-order valence-corrected chi connectivity index (χ1v) is 5.44. The van der Waals surface area contributed by atoms with Crippen molar-refractivity contribution < 1.29 is 18.0 Å². The van der Waals surface area contributed by atoms with Gasteiger partial charge in [-0.3, -0.25) is 4.79 Å².